The smallest absolute Gasteiger partial charge is 0.411 e. The van der Waals surface area contributed by atoms with Crippen molar-refractivity contribution in [1.82, 2.24) is 4.98 Å². The number of amides is 1. The van der Waals surface area contributed by atoms with Crippen LogP contribution in [0.2, 0.25) is 0 Å². The number of aliphatic hydroxyl groups excluding tert-OH is 1. The van der Waals surface area contributed by atoms with Gasteiger partial charge in [0.2, 0.25) is 0 Å². The first-order valence-electron chi connectivity index (χ1n) is 10.3. The van der Waals surface area contributed by atoms with Gasteiger partial charge in [-0.2, -0.15) is 0 Å². The number of rotatable bonds is 6. The van der Waals surface area contributed by atoms with Crippen LogP contribution in [0, 0.1) is 6.92 Å². The molecule has 158 valence electrons. The molecule has 6 heteroatoms. The molecule has 0 saturated heterocycles. The van der Waals surface area contributed by atoms with Gasteiger partial charge in [-0.25, -0.2) is 9.78 Å². The van der Waals surface area contributed by atoms with Gasteiger partial charge in [-0.1, -0.05) is 55.5 Å². The number of aliphatic hydroxyl groups is 1. The molecule has 1 atom stereocenters. The Kier molecular flexibility index (Phi) is 6.00. The fourth-order valence-corrected chi connectivity index (χ4v) is 3.57. The average Bonchev–Trinajstić information content (AvgIpc) is 2.78. The summed E-state index contributed by atoms with van der Waals surface area (Å²) in [6.07, 6.45) is -0.741. The number of nitrogens with zero attached hydrogens (tertiary/aromatic N) is 1. The molecule has 0 saturated carbocycles. The predicted octanol–water partition coefficient (Wildman–Crippen LogP) is 5.76. The van der Waals surface area contributed by atoms with Crippen LogP contribution >= 0.6 is 0 Å². The number of para-hydroxylation sites is 2. The van der Waals surface area contributed by atoms with Crippen LogP contribution in [-0.4, -0.2) is 22.8 Å². The topological polar surface area (TPSA) is 83.5 Å². The molecule has 0 aliphatic rings. The average molecular weight is 415 g/mol. The fraction of sp³-hybridized carbons (Fsp3) is 0.200. The van der Waals surface area contributed by atoms with E-state index in [-0.39, 0.29) is 0 Å². The Hall–Kier alpha value is -3.64. The molecular weight excluding hydrogens is 390 g/mol. The summed E-state index contributed by atoms with van der Waals surface area (Å²) in [7, 11) is 0. The van der Waals surface area contributed by atoms with Crippen LogP contribution in [0.1, 0.15) is 30.7 Å². The van der Waals surface area contributed by atoms with E-state index in [1.807, 2.05) is 56.3 Å². The minimum atomic E-state index is -0.983. The lowest BCUT2D eigenvalue weighted by Crippen LogP contribution is -2.15. The first-order chi connectivity index (χ1) is 15.1. The van der Waals surface area contributed by atoms with Crippen LogP contribution in [0.3, 0.4) is 0 Å². The maximum Gasteiger partial charge on any atom is 0.411 e. The zero-order chi connectivity index (χ0) is 21.8. The second kappa shape index (κ2) is 9.02. The molecular formula is C25H25N3O3. The number of benzene rings is 3. The van der Waals surface area contributed by atoms with E-state index < -0.39 is 12.3 Å². The highest BCUT2D eigenvalue weighted by Crippen LogP contribution is 2.34. The van der Waals surface area contributed by atoms with E-state index in [1.165, 1.54) is 0 Å². The van der Waals surface area contributed by atoms with Gasteiger partial charge in [0.15, 0.2) is 6.23 Å². The van der Waals surface area contributed by atoms with Crippen LogP contribution < -0.4 is 10.6 Å². The number of carbonyl (C=O) groups excluding carboxylic acids is 1. The Bertz CT molecular complexity index is 1240. The largest absolute Gasteiger partial charge is 0.449 e. The molecule has 0 bridgehead atoms. The standard InChI is InChI=1S/C25H25N3O3/c1-3-14-31-25(30)26-18-10-7-9-17(15-18)24(29)28-23-19-11-4-5-13-21(19)27-22-16(2)8-6-12-20(22)23/h4-13,15,24,29H,3,14H2,1-2H3,(H,26,30)(H,27,28). The minimum absolute atomic E-state index is 0.358. The van der Waals surface area contributed by atoms with Crippen molar-refractivity contribution in [2.24, 2.45) is 0 Å². The van der Waals surface area contributed by atoms with E-state index in [2.05, 4.69) is 10.6 Å². The number of ether oxygens (including phenoxy) is 1. The van der Waals surface area contributed by atoms with Gasteiger partial charge in [0, 0.05) is 22.0 Å². The third-order valence-electron chi connectivity index (χ3n) is 5.08. The first kappa shape index (κ1) is 20.6. The maximum absolute atomic E-state index is 11.8. The Labute approximate surface area is 180 Å². The normalized spacial score (nSPS) is 12.0. The second-order valence-electron chi connectivity index (χ2n) is 7.41. The third kappa shape index (κ3) is 4.44. The number of carbonyl (C=O) groups is 1. The molecule has 1 aromatic heterocycles. The van der Waals surface area contributed by atoms with E-state index in [9.17, 15) is 9.90 Å². The lowest BCUT2D eigenvalue weighted by molar-refractivity contribution is 0.161. The molecule has 31 heavy (non-hydrogen) atoms. The van der Waals surface area contributed by atoms with Gasteiger partial charge in [0.05, 0.1) is 23.3 Å². The van der Waals surface area contributed by atoms with Gasteiger partial charge < -0.3 is 15.2 Å². The zero-order valence-corrected chi connectivity index (χ0v) is 17.6. The number of anilines is 2. The summed E-state index contributed by atoms with van der Waals surface area (Å²) in [6.45, 7) is 4.32. The molecule has 0 aliphatic carbocycles. The number of hydrogen-bond acceptors (Lipinski definition) is 5. The molecule has 1 heterocycles. The summed E-state index contributed by atoms with van der Waals surface area (Å²) in [4.78, 5) is 16.7. The van der Waals surface area contributed by atoms with Crippen LogP contribution in [0.4, 0.5) is 16.2 Å². The summed E-state index contributed by atoms with van der Waals surface area (Å²) in [6, 6.07) is 20.9. The van der Waals surface area contributed by atoms with E-state index in [1.54, 1.807) is 24.3 Å². The molecule has 4 aromatic rings. The number of aromatic nitrogens is 1. The Morgan fingerprint density at radius 1 is 1.06 bits per heavy atom. The number of aryl methyl sites for hydroxylation is 1. The Morgan fingerprint density at radius 3 is 2.68 bits per heavy atom. The molecule has 3 N–H and O–H groups in total. The lowest BCUT2D eigenvalue weighted by Gasteiger charge is -2.19. The molecule has 1 unspecified atom stereocenters. The highest BCUT2D eigenvalue weighted by Gasteiger charge is 2.15. The van der Waals surface area contributed by atoms with Crippen LogP contribution in [-0.2, 0) is 4.74 Å². The SMILES string of the molecule is CCCOC(=O)Nc1cccc(C(O)Nc2c3ccccc3nc3c(C)cccc23)c1. The van der Waals surface area contributed by atoms with Gasteiger partial charge in [-0.3, -0.25) is 5.32 Å². The van der Waals surface area contributed by atoms with Gasteiger partial charge in [-0.05, 0) is 37.1 Å². The van der Waals surface area contributed by atoms with Crippen LogP contribution in [0.5, 0.6) is 0 Å². The van der Waals surface area contributed by atoms with E-state index in [0.29, 0.717) is 17.9 Å². The van der Waals surface area contributed by atoms with Crippen molar-refractivity contribution >= 4 is 39.3 Å². The van der Waals surface area contributed by atoms with E-state index in [4.69, 9.17) is 9.72 Å². The molecule has 4 rings (SSSR count). The van der Waals surface area contributed by atoms with Gasteiger partial charge in [0.1, 0.15) is 0 Å². The van der Waals surface area contributed by atoms with Crippen molar-refractivity contribution in [1.29, 1.82) is 0 Å². The third-order valence-corrected chi connectivity index (χ3v) is 5.08. The van der Waals surface area contributed by atoms with Gasteiger partial charge in [0.25, 0.3) is 0 Å². The summed E-state index contributed by atoms with van der Waals surface area (Å²) in [5.74, 6) is 0. The molecule has 3 aromatic carbocycles. The molecule has 0 radical (unpaired) electrons. The predicted molar refractivity (Wildman–Crippen MR) is 124 cm³/mol. The molecule has 0 aliphatic heterocycles. The number of pyridine rings is 1. The summed E-state index contributed by atoms with van der Waals surface area (Å²) in [5, 5.41) is 18.8. The van der Waals surface area contributed by atoms with E-state index in [0.717, 1.165) is 39.5 Å². The fourth-order valence-electron chi connectivity index (χ4n) is 3.57. The van der Waals surface area contributed by atoms with E-state index >= 15 is 0 Å². The van der Waals surface area contributed by atoms with Crippen LogP contribution in [0.25, 0.3) is 21.8 Å². The number of nitrogens with one attached hydrogen (secondary N) is 2. The Morgan fingerprint density at radius 2 is 1.84 bits per heavy atom. The van der Waals surface area contributed by atoms with Gasteiger partial charge in [-0.15, -0.1) is 0 Å². The second-order valence-corrected chi connectivity index (χ2v) is 7.41. The highest BCUT2D eigenvalue weighted by molar-refractivity contribution is 6.08. The monoisotopic (exact) mass is 415 g/mol. The molecule has 6 nitrogen and oxygen atoms in total. The quantitative estimate of drug-likeness (QED) is 0.275. The minimum Gasteiger partial charge on any atom is -0.449 e. The number of fused-ring (bicyclic) bond motifs is 2. The number of hydrogen-bond donors (Lipinski definition) is 3. The summed E-state index contributed by atoms with van der Waals surface area (Å²) >= 11 is 0. The van der Waals surface area contributed by atoms with Crippen molar-refractivity contribution in [3.05, 3.63) is 77.9 Å². The maximum atomic E-state index is 11.8. The molecule has 1 amide bonds. The van der Waals surface area contributed by atoms with Crippen LogP contribution in [0.15, 0.2) is 66.7 Å². The summed E-state index contributed by atoms with van der Waals surface area (Å²) < 4.78 is 5.06. The first-order valence-corrected chi connectivity index (χ1v) is 10.3. The van der Waals surface area contributed by atoms with Crippen molar-refractivity contribution in [2.45, 2.75) is 26.5 Å². The zero-order valence-electron chi connectivity index (χ0n) is 17.6. The van der Waals surface area contributed by atoms with Crippen molar-refractivity contribution in [2.75, 3.05) is 17.2 Å². The van der Waals surface area contributed by atoms with Crippen molar-refractivity contribution < 1.29 is 14.6 Å². The Balaban J connectivity index is 1.67. The molecule has 0 spiro atoms. The summed E-state index contributed by atoms with van der Waals surface area (Å²) in [5.41, 5.74) is 4.81. The lowest BCUT2D eigenvalue weighted by atomic mass is 10.0. The van der Waals surface area contributed by atoms with Crippen molar-refractivity contribution in [3.8, 4) is 0 Å². The van der Waals surface area contributed by atoms with Crippen molar-refractivity contribution in [3.63, 3.8) is 0 Å². The molecule has 0 fully saturated rings. The highest BCUT2D eigenvalue weighted by atomic mass is 16.5. The van der Waals surface area contributed by atoms with Gasteiger partial charge >= 0.3 is 6.09 Å².